The molecule has 0 radical (unpaired) electrons. The van der Waals surface area contributed by atoms with E-state index >= 15 is 0 Å². The number of piperidine rings is 1. The van der Waals surface area contributed by atoms with Gasteiger partial charge in [0.15, 0.2) is 0 Å². The largest absolute Gasteiger partial charge is 0.301 e. The molecular formula is C8H17N. The normalized spacial score (nSPS) is 39.0. The second kappa shape index (κ2) is 2.70. The molecule has 0 aromatic carbocycles. The molecule has 1 heteroatoms. The smallest absolute Gasteiger partial charge is 0.00667 e. The van der Waals surface area contributed by atoms with Crippen LogP contribution in [0.1, 0.15) is 33.1 Å². The summed E-state index contributed by atoms with van der Waals surface area (Å²) in [4.78, 5) is 2.48. The van der Waals surface area contributed by atoms with Crippen LogP contribution >= 0.6 is 0 Å². The van der Waals surface area contributed by atoms with Crippen LogP contribution in [0, 0.1) is 0 Å². The third-order valence-corrected chi connectivity index (χ3v) is 2.63. The first-order valence-corrected chi connectivity index (χ1v) is 3.93. The molecular weight excluding hydrogens is 110 g/mol. The third kappa shape index (κ3) is 1.45. The Balaban J connectivity index is 2.41. The van der Waals surface area contributed by atoms with E-state index in [1.807, 2.05) is 0 Å². The second-order valence-electron chi connectivity index (χ2n) is 3.29. The van der Waals surface area contributed by atoms with E-state index < -0.39 is 0 Å². The maximum Gasteiger partial charge on any atom is 0.00667 e. The Hall–Kier alpha value is -0.0400. The molecule has 0 aliphatic carbocycles. The number of rotatable bonds is 0. The van der Waals surface area contributed by atoms with E-state index in [1.54, 1.807) is 0 Å². The van der Waals surface area contributed by atoms with Crippen molar-refractivity contribution in [1.82, 2.24) is 4.90 Å². The molecule has 0 unspecified atom stereocenters. The van der Waals surface area contributed by atoms with E-state index in [4.69, 9.17) is 0 Å². The average Bonchev–Trinajstić information content (AvgIpc) is 1.83. The molecule has 0 aromatic rings. The summed E-state index contributed by atoms with van der Waals surface area (Å²) < 4.78 is 0. The molecule has 9 heavy (non-hydrogen) atoms. The molecule has 1 rings (SSSR count). The van der Waals surface area contributed by atoms with Gasteiger partial charge in [-0.15, -0.1) is 0 Å². The number of hydrogen-bond acceptors (Lipinski definition) is 1. The summed E-state index contributed by atoms with van der Waals surface area (Å²) in [6.45, 7) is 4.63. The fourth-order valence-corrected chi connectivity index (χ4v) is 1.55. The predicted octanol–water partition coefficient (Wildman–Crippen LogP) is 1.88. The van der Waals surface area contributed by atoms with E-state index in [9.17, 15) is 0 Å². The van der Waals surface area contributed by atoms with E-state index in [1.165, 1.54) is 19.3 Å². The van der Waals surface area contributed by atoms with E-state index in [2.05, 4.69) is 25.8 Å². The SMILES string of the molecule is C[C@@H]1CCC[C@H](C)N1C. The maximum atomic E-state index is 2.48. The van der Waals surface area contributed by atoms with Crippen molar-refractivity contribution in [3.8, 4) is 0 Å². The summed E-state index contributed by atoms with van der Waals surface area (Å²) >= 11 is 0. The van der Waals surface area contributed by atoms with Crippen LogP contribution in [-0.4, -0.2) is 24.0 Å². The van der Waals surface area contributed by atoms with E-state index in [-0.39, 0.29) is 0 Å². The van der Waals surface area contributed by atoms with Crippen molar-refractivity contribution in [1.29, 1.82) is 0 Å². The van der Waals surface area contributed by atoms with Gasteiger partial charge >= 0.3 is 0 Å². The summed E-state index contributed by atoms with van der Waals surface area (Å²) in [5, 5.41) is 0. The Morgan fingerprint density at radius 2 is 1.56 bits per heavy atom. The van der Waals surface area contributed by atoms with Crippen molar-refractivity contribution in [2.24, 2.45) is 0 Å². The van der Waals surface area contributed by atoms with Gasteiger partial charge in [-0.25, -0.2) is 0 Å². The molecule has 1 nitrogen and oxygen atoms in total. The fourth-order valence-electron chi connectivity index (χ4n) is 1.55. The molecule has 1 saturated heterocycles. The van der Waals surface area contributed by atoms with Crippen LogP contribution < -0.4 is 0 Å². The molecule has 0 spiro atoms. The van der Waals surface area contributed by atoms with Crippen LogP contribution in [-0.2, 0) is 0 Å². The molecule has 0 N–H and O–H groups in total. The summed E-state index contributed by atoms with van der Waals surface area (Å²) in [7, 11) is 2.23. The third-order valence-electron chi connectivity index (χ3n) is 2.63. The maximum absolute atomic E-state index is 2.48. The summed E-state index contributed by atoms with van der Waals surface area (Å²) in [5.74, 6) is 0. The van der Waals surface area contributed by atoms with Gasteiger partial charge in [0, 0.05) is 12.1 Å². The summed E-state index contributed by atoms with van der Waals surface area (Å²) in [6.07, 6.45) is 4.20. The highest BCUT2D eigenvalue weighted by Gasteiger charge is 2.19. The van der Waals surface area contributed by atoms with Crippen LogP contribution in [0.25, 0.3) is 0 Å². The Kier molecular flexibility index (Phi) is 2.12. The minimum Gasteiger partial charge on any atom is -0.301 e. The number of hydrogen-bond donors (Lipinski definition) is 0. The van der Waals surface area contributed by atoms with Gasteiger partial charge in [-0.2, -0.15) is 0 Å². The minimum atomic E-state index is 0.814. The number of likely N-dealkylation sites (tertiary alicyclic amines) is 1. The quantitative estimate of drug-likeness (QED) is 0.480. The lowest BCUT2D eigenvalue weighted by molar-refractivity contribution is 0.138. The predicted molar refractivity (Wildman–Crippen MR) is 40.5 cm³/mol. The molecule has 2 atom stereocenters. The van der Waals surface area contributed by atoms with Gasteiger partial charge in [0.1, 0.15) is 0 Å². The van der Waals surface area contributed by atoms with Gasteiger partial charge in [-0.1, -0.05) is 6.42 Å². The standard InChI is InChI=1S/C8H17N/c1-7-5-4-6-8(2)9(7)3/h7-8H,4-6H2,1-3H3/t7-,8+. The molecule has 0 bridgehead atoms. The van der Waals surface area contributed by atoms with Gasteiger partial charge in [0.05, 0.1) is 0 Å². The lowest BCUT2D eigenvalue weighted by Crippen LogP contribution is -2.40. The van der Waals surface area contributed by atoms with Crippen molar-refractivity contribution in [3.05, 3.63) is 0 Å². The Bertz CT molecular complexity index is 80.6. The summed E-state index contributed by atoms with van der Waals surface area (Å²) in [5.41, 5.74) is 0. The second-order valence-corrected chi connectivity index (χ2v) is 3.29. The Labute approximate surface area is 58.0 Å². The molecule has 0 saturated carbocycles. The molecule has 0 amide bonds. The zero-order valence-corrected chi connectivity index (χ0v) is 6.72. The first kappa shape index (κ1) is 7.07. The molecule has 1 heterocycles. The van der Waals surface area contributed by atoms with Crippen molar-refractivity contribution in [2.45, 2.75) is 45.2 Å². The van der Waals surface area contributed by atoms with Gasteiger partial charge in [0.25, 0.3) is 0 Å². The highest BCUT2D eigenvalue weighted by molar-refractivity contribution is 4.75. The van der Waals surface area contributed by atoms with Crippen molar-refractivity contribution >= 4 is 0 Å². The lowest BCUT2D eigenvalue weighted by atomic mass is 9.99. The van der Waals surface area contributed by atoms with Gasteiger partial charge in [-0.3, -0.25) is 0 Å². The lowest BCUT2D eigenvalue weighted by Gasteiger charge is -2.35. The molecule has 54 valence electrons. The summed E-state index contributed by atoms with van der Waals surface area (Å²) in [6, 6.07) is 1.63. The highest BCUT2D eigenvalue weighted by atomic mass is 15.2. The first-order valence-electron chi connectivity index (χ1n) is 3.93. The highest BCUT2D eigenvalue weighted by Crippen LogP contribution is 2.19. The molecule has 1 aliphatic heterocycles. The van der Waals surface area contributed by atoms with Crippen molar-refractivity contribution in [3.63, 3.8) is 0 Å². The fraction of sp³-hybridized carbons (Fsp3) is 1.00. The van der Waals surface area contributed by atoms with E-state index in [0.29, 0.717) is 0 Å². The van der Waals surface area contributed by atoms with Gasteiger partial charge in [0.2, 0.25) is 0 Å². The van der Waals surface area contributed by atoms with Crippen LogP contribution in [0.3, 0.4) is 0 Å². The van der Waals surface area contributed by atoms with Crippen LogP contribution in [0.4, 0.5) is 0 Å². The molecule has 1 fully saturated rings. The zero-order valence-electron chi connectivity index (χ0n) is 6.72. The monoisotopic (exact) mass is 127 g/mol. The minimum absolute atomic E-state index is 0.814. The van der Waals surface area contributed by atoms with Crippen LogP contribution in [0.2, 0.25) is 0 Å². The topological polar surface area (TPSA) is 3.24 Å². The van der Waals surface area contributed by atoms with Gasteiger partial charge < -0.3 is 4.90 Å². The van der Waals surface area contributed by atoms with E-state index in [0.717, 1.165) is 12.1 Å². The van der Waals surface area contributed by atoms with Crippen LogP contribution in [0.5, 0.6) is 0 Å². The van der Waals surface area contributed by atoms with Gasteiger partial charge in [-0.05, 0) is 33.7 Å². The Morgan fingerprint density at radius 1 is 1.11 bits per heavy atom. The molecule has 1 aliphatic rings. The molecule has 0 aromatic heterocycles. The first-order chi connectivity index (χ1) is 4.22. The average molecular weight is 127 g/mol. The number of nitrogens with zero attached hydrogens (tertiary/aromatic N) is 1. The Morgan fingerprint density at radius 3 is 1.89 bits per heavy atom. The van der Waals surface area contributed by atoms with Crippen molar-refractivity contribution in [2.75, 3.05) is 7.05 Å². The van der Waals surface area contributed by atoms with Crippen molar-refractivity contribution < 1.29 is 0 Å². The van der Waals surface area contributed by atoms with Crippen LogP contribution in [0.15, 0.2) is 0 Å². The zero-order chi connectivity index (χ0) is 6.85.